The number of carboxylic acid groups (broad SMARTS) is 4. The largest absolute Gasteiger partial charge is 0.480 e. The zero-order valence-corrected chi connectivity index (χ0v) is 37.1. The van der Waals surface area contributed by atoms with Gasteiger partial charge in [-0.2, -0.15) is 0 Å². The van der Waals surface area contributed by atoms with E-state index in [-0.39, 0.29) is 90.5 Å². The summed E-state index contributed by atoms with van der Waals surface area (Å²) in [5.74, 6) is -6.73. The van der Waals surface area contributed by atoms with Crippen molar-refractivity contribution in [1.29, 1.82) is 0 Å². The van der Waals surface area contributed by atoms with Crippen LogP contribution in [0.3, 0.4) is 0 Å². The molecule has 2 unspecified atom stereocenters. The number of carbonyl (C=O) groups is 7. The zero-order chi connectivity index (χ0) is 45.4. The molecule has 338 valence electrons. The lowest BCUT2D eigenvalue weighted by molar-refractivity contribution is -0.142. The molecule has 1 aliphatic rings. The number of amides is 3. The van der Waals surface area contributed by atoms with Gasteiger partial charge in [0.05, 0.1) is 26.2 Å². The minimum Gasteiger partial charge on any atom is -0.480 e. The number of nitrogens with one attached hydrogen (secondary N) is 3. The Kier molecular flexibility index (Phi) is 20.2. The molecule has 2 rings (SSSR count). The fourth-order valence-electron chi connectivity index (χ4n) is 7.51. The third kappa shape index (κ3) is 16.5. The third-order valence-electron chi connectivity index (χ3n) is 10.6. The van der Waals surface area contributed by atoms with Crippen LogP contribution in [0.5, 0.6) is 0 Å². The maximum atomic E-state index is 16.9. The zero-order valence-electron chi connectivity index (χ0n) is 36.1. The predicted octanol–water partition coefficient (Wildman–Crippen LogP) is 0.858. The number of carbonyl (C=O) groups excluding carboxylic acids is 3. The molecule has 2 atom stereocenters. The predicted molar refractivity (Wildman–Crippen MR) is 224 cm³/mol. The molecule has 0 aliphatic carbocycles. The van der Waals surface area contributed by atoms with Crippen molar-refractivity contribution in [3.63, 3.8) is 0 Å². The molecule has 1 heterocycles. The van der Waals surface area contributed by atoms with Crippen LogP contribution in [0.2, 0.25) is 10.1 Å². The molecule has 1 aromatic rings. The first-order chi connectivity index (χ1) is 27.9. The van der Waals surface area contributed by atoms with Gasteiger partial charge in [-0.05, 0) is 33.8 Å². The van der Waals surface area contributed by atoms with E-state index < -0.39 is 78.7 Å². The Hall–Kier alpha value is -4.50. The van der Waals surface area contributed by atoms with Crippen molar-refractivity contribution in [2.75, 3.05) is 85.1 Å². The minimum absolute atomic E-state index is 0.126. The quantitative estimate of drug-likeness (QED) is 0.0753. The Bertz CT molecular complexity index is 1590. The van der Waals surface area contributed by atoms with Gasteiger partial charge in [0, 0.05) is 64.5 Å². The summed E-state index contributed by atoms with van der Waals surface area (Å²) in [6.45, 7) is 12.5. The molecule has 0 spiro atoms. The number of rotatable bonds is 19. The molecule has 1 fully saturated rings. The SMILES string of the molecule is CCCCC(NC(=O)C(CNC(=O)c1ccc([Si](F)(C(C)(C)C)C(C)(C)C)cc1)NC(=O)CN1CCN(CC(=O)O)CCN(CC(=O)O)CCN(CC(=O)O)CC1)C(=O)O. The van der Waals surface area contributed by atoms with Gasteiger partial charge in [-0.1, -0.05) is 73.4 Å². The summed E-state index contributed by atoms with van der Waals surface area (Å²) in [7, 11) is -3.62. The van der Waals surface area contributed by atoms with E-state index >= 15 is 4.11 Å². The molecular formula is C40H66FN7O11Si. The van der Waals surface area contributed by atoms with E-state index in [1.807, 2.05) is 48.5 Å². The van der Waals surface area contributed by atoms with Gasteiger partial charge in [0.15, 0.2) is 0 Å². The van der Waals surface area contributed by atoms with Gasteiger partial charge in [0.25, 0.3) is 14.3 Å². The monoisotopic (exact) mass is 867 g/mol. The van der Waals surface area contributed by atoms with E-state index in [1.165, 1.54) is 12.1 Å². The van der Waals surface area contributed by atoms with Crippen molar-refractivity contribution in [3.05, 3.63) is 29.8 Å². The van der Waals surface area contributed by atoms with E-state index in [9.17, 15) is 54.0 Å². The number of halogens is 1. The Balaban J connectivity index is 2.36. The topological polar surface area (TPSA) is 249 Å². The maximum absolute atomic E-state index is 16.9. The number of hydrogen-bond donors (Lipinski definition) is 7. The van der Waals surface area contributed by atoms with Crippen LogP contribution in [0.4, 0.5) is 4.11 Å². The van der Waals surface area contributed by atoms with E-state index in [0.29, 0.717) is 18.0 Å². The highest BCUT2D eigenvalue weighted by Crippen LogP contribution is 2.51. The Morgan fingerprint density at radius 1 is 0.650 bits per heavy atom. The van der Waals surface area contributed by atoms with Crippen molar-refractivity contribution >= 4 is 55.2 Å². The highest BCUT2D eigenvalue weighted by atomic mass is 28.4. The lowest BCUT2D eigenvalue weighted by Crippen LogP contribution is -2.58. The highest BCUT2D eigenvalue weighted by molar-refractivity contribution is 6.90. The van der Waals surface area contributed by atoms with Crippen LogP contribution in [0.25, 0.3) is 0 Å². The number of benzene rings is 1. The summed E-state index contributed by atoms with van der Waals surface area (Å²) < 4.78 is 16.9. The van der Waals surface area contributed by atoms with Crippen LogP contribution >= 0.6 is 0 Å². The molecule has 1 aliphatic heterocycles. The number of unbranched alkanes of at least 4 members (excludes halogenated alkanes) is 1. The second-order valence-electron chi connectivity index (χ2n) is 17.4. The first-order valence-corrected chi connectivity index (χ1v) is 22.2. The molecular weight excluding hydrogens is 802 g/mol. The summed E-state index contributed by atoms with van der Waals surface area (Å²) in [6.07, 6.45) is 1.29. The van der Waals surface area contributed by atoms with Crippen LogP contribution in [-0.2, 0) is 28.8 Å². The number of nitrogens with zero attached hydrogens (tertiary/aromatic N) is 4. The van der Waals surface area contributed by atoms with Crippen LogP contribution < -0.4 is 21.1 Å². The fourth-order valence-corrected chi connectivity index (χ4v) is 12.1. The summed E-state index contributed by atoms with van der Waals surface area (Å²) in [6, 6.07) is 3.52. The lowest BCUT2D eigenvalue weighted by Gasteiger charge is -2.44. The van der Waals surface area contributed by atoms with Crippen molar-refractivity contribution in [2.45, 2.75) is 89.9 Å². The average molecular weight is 868 g/mol. The normalized spacial score (nSPS) is 17.0. The molecule has 0 saturated carbocycles. The second kappa shape index (κ2) is 23.5. The van der Waals surface area contributed by atoms with Crippen molar-refractivity contribution in [3.8, 4) is 0 Å². The van der Waals surface area contributed by atoms with E-state index in [4.69, 9.17) is 0 Å². The molecule has 1 aromatic carbocycles. The molecule has 60 heavy (non-hydrogen) atoms. The smallest absolute Gasteiger partial charge is 0.326 e. The molecule has 7 N–H and O–H groups in total. The Labute approximate surface area is 353 Å². The molecule has 20 heteroatoms. The minimum atomic E-state index is -3.62. The molecule has 0 radical (unpaired) electrons. The van der Waals surface area contributed by atoms with E-state index in [1.54, 1.807) is 31.7 Å². The maximum Gasteiger partial charge on any atom is 0.326 e. The van der Waals surface area contributed by atoms with E-state index in [2.05, 4.69) is 16.0 Å². The Morgan fingerprint density at radius 2 is 1.05 bits per heavy atom. The summed E-state index contributed by atoms with van der Waals surface area (Å²) in [4.78, 5) is 94.1. The number of carboxylic acids is 4. The molecule has 3 amide bonds. The summed E-state index contributed by atoms with van der Waals surface area (Å²) >= 11 is 0. The van der Waals surface area contributed by atoms with Crippen molar-refractivity contribution in [1.82, 2.24) is 35.6 Å². The van der Waals surface area contributed by atoms with Gasteiger partial charge in [-0.3, -0.25) is 48.4 Å². The summed E-state index contributed by atoms with van der Waals surface area (Å²) in [5.41, 5.74) is 0.178. The molecule has 18 nitrogen and oxygen atoms in total. The van der Waals surface area contributed by atoms with Gasteiger partial charge in [0.2, 0.25) is 11.8 Å². The van der Waals surface area contributed by atoms with Gasteiger partial charge >= 0.3 is 23.9 Å². The average Bonchev–Trinajstić information content (AvgIpc) is 3.13. The van der Waals surface area contributed by atoms with Gasteiger partial charge < -0.3 is 40.5 Å². The van der Waals surface area contributed by atoms with Crippen LogP contribution in [0.15, 0.2) is 24.3 Å². The van der Waals surface area contributed by atoms with Gasteiger partial charge in [-0.15, -0.1) is 0 Å². The molecule has 1 saturated heterocycles. The lowest BCUT2D eigenvalue weighted by atomic mass is 10.1. The first kappa shape index (κ1) is 51.6. The van der Waals surface area contributed by atoms with Crippen LogP contribution in [-0.4, -0.2) is 187 Å². The number of hydrogen-bond acceptors (Lipinski definition) is 11. The standard InChI is InChI=1S/C40H66FN7O11Si/c1-8-9-10-30(38(58)59)44-37(57)31(23-42-36(56)28-11-13-29(14-12-28)60(41,39(2,3)4)40(5,6)7)43-32(49)24-45-15-17-46(25-33(50)51)19-21-48(27-35(54)55)22-20-47(18-16-45)26-34(52)53/h11-14,30-31H,8-10,15-27H2,1-7H3,(H,42,56)(H,43,49)(H,44,57)(H,50,51)(H,52,53)(H,54,55)(H,58,59). The molecule has 0 bridgehead atoms. The fraction of sp³-hybridized carbons (Fsp3) is 0.675. The van der Waals surface area contributed by atoms with Gasteiger partial charge in [0.1, 0.15) is 12.1 Å². The van der Waals surface area contributed by atoms with Crippen LogP contribution in [0, 0.1) is 0 Å². The van der Waals surface area contributed by atoms with E-state index in [0.717, 1.165) is 0 Å². The first-order valence-electron chi connectivity index (χ1n) is 20.3. The third-order valence-corrected chi connectivity index (χ3v) is 15.8. The van der Waals surface area contributed by atoms with Gasteiger partial charge in [-0.25, -0.2) is 4.79 Å². The second-order valence-corrected chi connectivity index (χ2v) is 22.3. The highest BCUT2D eigenvalue weighted by Gasteiger charge is 2.56. The summed E-state index contributed by atoms with van der Waals surface area (Å²) in [5, 5.41) is 45.2. The number of aliphatic carboxylic acids is 4. The van der Waals surface area contributed by atoms with Crippen molar-refractivity contribution < 1.29 is 58.1 Å². The Morgan fingerprint density at radius 3 is 1.40 bits per heavy atom. The van der Waals surface area contributed by atoms with Crippen LogP contribution in [0.1, 0.15) is 78.1 Å². The molecule has 0 aromatic heterocycles. The van der Waals surface area contributed by atoms with Crippen molar-refractivity contribution in [2.24, 2.45) is 0 Å².